The van der Waals surface area contributed by atoms with E-state index in [0.29, 0.717) is 12.0 Å². The Morgan fingerprint density at radius 1 is 1.38 bits per heavy atom. The minimum absolute atomic E-state index is 0.138. The summed E-state index contributed by atoms with van der Waals surface area (Å²) in [4.78, 5) is 10.4. The Labute approximate surface area is 94.6 Å². The lowest BCUT2D eigenvalue weighted by atomic mass is 10.0. The Morgan fingerprint density at radius 3 is 2.62 bits per heavy atom. The predicted molar refractivity (Wildman–Crippen MR) is 65.3 cm³/mol. The lowest BCUT2D eigenvalue weighted by molar-refractivity contribution is -0.385. The molecular weight excluding hydrogens is 202 g/mol. The van der Waals surface area contributed by atoms with Crippen LogP contribution in [0.4, 0.5) is 5.69 Å². The van der Waals surface area contributed by atoms with E-state index in [9.17, 15) is 10.1 Å². The van der Waals surface area contributed by atoms with Crippen molar-refractivity contribution < 1.29 is 4.92 Å². The summed E-state index contributed by atoms with van der Waals surface area (Å²) < 4.78 is 0. The van der Waals surface area contributed by atoms with E-state index in [1.807, 2.05) is 0 Å². The van der Waals surface area contributed by atoms with E-state index in [2.05, 4.69) is 13.2 Å². The molecule has 1 aromatic rings. The standard InChI is InChI=1S/C13H13NO2/c1-3-7-11(4-2)10-12-8-5-6-9-13(12)14(15)16/h3-9H,1-2,10H2/b11-7+. The number of para-hydroxylation sites is 1. The van der Waals surface area contributed by atoms with Crippen molar-refractivity contribution in [1.82, 2.24) is 0 Å². The van der Waals surface area contributed by atoms with Gasteiger partial charge in [-0.15, -0.1) is 0 Å². The first-order chi connectivity index (χ1) is 7.69. The maximum Gasteiger partial charge on any atom is 0.272 e. The van der Waals surface area contributed by atoms with Gasteiger partial charge in [-0.3, -0.25) is 10.1 Å². The topological polar surface area (TPSA) is 43.1 Å². The monoisotopic (exact) mass is 215 g/mol. The summed E-state index contributed by atoms with van der Waals surface area (Å²) in [5.74, 6) is 0. The molecule has 0 spiro atoms. The van der Waals surface area contributed by atoms with Crippen LogP contribution < -0.4 is 0 Å². The lowest BCUT2D eigenvalue weighted by Gasteiger charge is -2.02. The van der Waals surface area contributed by atoms with Crippen molar-refractivity contribution >= 4 is 5.69 Å². The number of hydrogen-bond acceptors (Lipinski definition) is 2. The predicted octanol–water partition coefficient (Wildman–Crippen LogP) is 3.44. The van der Waals surface area contributed by atoms with Crippen LogP contribution in [0.1, 0.15) is 5.56 Å². The van der Waals surface area contributed by atoms with Gasteiger partial charge >= 0.3 is 0 Å². The first-order valence-electron chi connectivity index (χ1n) is 4.85. The Balaban J connectivity index is 3.05. The van der Waals surface area contributed by atoms with Gasteiger partial charge in [-0.25, -0.2) is 0 Å². The maximum absolute atomic E-state index is 10.8. The zero-order chi connectivity index (χ0) is 12.0. The molecule has 3 nitrogen and oxygen atoms in total. The van der Waals surface area contributed by atoms with Gasteiger partial charge in [-0.2, -0.15) is 0 Å². The number of allylic oxidation sites excluding steroid dienone is 4. The van der Waals surface area contributed by atoms with Crippen LogP contribution in [0.3, 0.4) is 0 Å². The fourth-order valence-corrected chi connectivity index (χ4v) is 1.41. The van der Waals surface area contributed by atoms with Crippen LogP contribution in [-0.2, 0) is 6.42 Å². The second kappa shape index (κ2) is 5.66. The zero-order valence-electron chi connectivity index (χ0n) is 8.93. The van der Waals surface area contributed by atoms with Crippen LogP contribution in [-0.4, -0.2) is 4.92 Å². The lowest BCUT2D eigenvalue weighted by Crippen LogP contribution is -1.96. The quantitative estimate of drug-likeness (QED) is 0.429. The molecule has 0 saturated heterocycles. The number of benzene rings is 1. The van der Waals surface area contributed by atoms with Crippen LogP contribution in [0.2, 0.25) is 0 Å². The minimum Gasteiger partial charge on any atom is -0.258 e. The molecule has 3 heteroatoms. The molecule has 0 heterocycles. The van der Waals surface area contributed by atoms with Crippen LogP contribution in [0.25, 0.3) is 0 Å². The molecule has 1 aromatic carbocycles. The summed E-state index contributed by atoms with van der Waals surface area (Å²) >= 11 is 0. The van der Waals surface area contributed by atoms with E-state index in [4.69, 9.17) is 0 Å². The van der Waals surface area contributed by atoms with E-state index in [-0.39, 0.29) is 10.6 Å². The first-order valence-corrected chi connectivity index (χ1v) is 4.85. The van der Waals surface area contributed by atoms with Crippen molar-refractivity contribution in [3.05, 3.63) is 76.9 Å². The van der Waals surface area contributed by atoms with E-state index in [0.717, 1.165) is 5.57 Å². The Kier molecular flexibility index (Phi) is 4.21. The summed E-state index contributed by atoms with van der Waals surface area (Å²) in [6, 6.07) is 6.70. The van der Waals surface area contributed by atoms with Crippen molar-refractivity contribution in [1.29, 1.82) is 0 Å². The Bertz CT molecular complexity index is 447. The maximum atomic E-state index is 10.8. The highest BCUT2D eigenvalue weighted by Crippen LogP contribution is 2.21. The molecule has 0 aliphatic heterocycles. The van der Waals surface area contributed by atoms with Gasteiger partial charge in [0, 0.05) is 18.1 Å². The van der Waals surface area contributed by atoms with Crippen LogP contribution in [0.15, 0.2) is 61.2 Å². The van der Waals surface area contributed by atoms with Gasteiger partial charge in [0.05, 0.1) is 4.92 Å². The second-order valence-corrected chi connectivity index (χ2v) is 3.24. The van der Waals surface area contributed by atoms with Crippen molar-refractivity contribution in [2.24, 2.45) is 0 Å². The molecule has 0 amide bonds. The average molecular weight is 215 g/mol. The van der Waals surface area contributed by atoms with Gasteiger partial charge < -0.3 is 0 Å². The SMILES string of the molecule is C=C/C=C(\C=C)Cc1ccccc1[N+](=O)[O-]. The largest absolute Gasteiger partial charge is 0.272 e. The summed E-state index contributed by atoms with van der Waals surface area (Å²) in [5, 5.41) is 10.8. The normalized spacial score (nSPS) is 10.9. The van der Waals surface area contributed by atoms with E-state index in [1.165, 1.54) is 6.07 Å². The number of nitro benzene ring substituents is 1. The van der Waals surface area contributed by atoms with Crippen LogP contribution in [0, 0.1) is 10.1 Å². The molecule has 82 valence electrons. The second-order valence-electron chi connectivity index (χ2n) is 3.24. The van der Waals surface area contributed by atoms with Gasteiger partial charge in [0.2, 0.25) is 0 Å². The minimum atomic E-state index is -0.371. The molecule has 0 aliphatic carbocycles. The molecule has 0 bridgehead atoms. The third kappa shape index (κ3) is 2.92. The third-order valence-electron chi connectivity index (χ3n) is 2.18. The molecule has 16 heavy (non-hydrogen) atoms. The highest BCUT2D eigenvalue weighted by Gasteiger charge is 2.12. The van der Waals surface area contributed by atoms with Crippen molar-refractivity contribution in [3.8, 4) is 0 Å². The molecule has 1 rings (SSSR count). The molecule has 0 aromatic heterocycles. The molecule has 0 fully saturated rings. The summed E-state index contributed by atoms with van der Waals surface area (Å²) in [7, 11) is 0. The van der Waals surface area contributed by atoms with Crippen molar-refractivity contribution in [3.63, 3.8) is 0 Å². The van der Waals surface area contributed by atoms with E-state index < -0.39 is 0 Å². The smallest absolute Gasteiger partial charge is 0.258 e. The summed E-state index contributed by atoms with van der Waals surface area (Å²) in [6.07, 6.45) is 5.61. The van der Waals surface area contributed by atoms with Gasteiger partial charge in [0.15, 0.2) is 0 Å². The summed E-state index contributed by atoms with van der Waals surface area (Å²) in [5.41, 5.74) is 1.73. The summed E-state index contributed by atoms with van der Waals surface area (Å²) in [6.45, 7) is 7.25. The zero-order valence-corrected chi connectivity index (χ0v) is 8.93. The van der Waals surface area contributed by atoms with Crippen molar-refractivity contribution in [2.45, 2.75) is 6.42 Å². The fraction of sp³-hybridized carbons (Fsp3) is 0.0769. The van der Waals surface area contributed by atoms with Crippen LogP contribution in [0.5, 0.6) is 0 Å². The molecule has 0 saturated carbocycles. The van der Waals surface area contributed by atoms with Gasteiger partial charge in [0.1, 0.15) is 0 Å². The van der Waals surface area contributed by atoms with Gasteiger partial charge in [0.25, 0.3) is 5.69 Å². The van der Waals surface area contributed by atoms with E-state index in [1.54, 1.807) is 36.4 Å². The molecule has 0 atom stereocenters. The molecule has 0 radical (unpaired) electrons. The van der Waals surface area contributed by atoms with E-state index >= 15 is 0 Å². The number of nitrogens with zero attached hydrogens (tertiary/aromatic N) is 1. The fourth-order valence-electron chi connectivity index (χ4n) is 1.41. The molecule has 0 unspecified atom stereocenters. The number of hydrogen-bond donors (Lipinski definition) is 0. The van der Waals surface area contributed by atoms with Crippen molar-refractivity contribution in [2.75, 3.05) is 0 Å². The van der Waals surface area contributed by atoms with Crippen LogP contribution >= 0.6 is 0 Å². The van der Waals surface area contributed by atoms with Gasteiger partial charge in [-0.05, 0) is 5.57 Å². The highest BCUT2D eigenvalue weighted by atomic mass is 16.6. The Hall–Kier alpha value is -2.16. The molecule has 0 aliphatic rings. The Morgan fingerprint density at radius 2 is 2.06 bits per heavy atom. The molecule has 0 N–H and O–H groups in total. The third-order valence-corrected chi connectivity index (χ3v) is 2.18. The average Bonchev–Trinajstić information content (AvgIpc) is 2.29. The highest BCUT2D eigenvalue weighted by molar-refractivity contribution is 5.43. The first kappa shape index (κ1) is 11.9. The number of rotatable bonds is 5. The van der Waals surface area contributed by atoms with Gasteiger partial charge in [-0.1, -0.05) is 49.6 Å². The molecular formula is C13H13NO2. The number of nitro groups is 1.